The molecule has 2 heterocycles. The molecule has 1 aromatic carbocycles. The maximum atomic E-state index is 10.7. The summed E-state index contributed by atoms with van der Waals surface area (Å²) in [6.45, 7) is 2.21. The first-order chi connectivity index (χ1) is 8.24. The normalized spacial score (nSPS) is 15.6. The van der Waals surface area contributed by atoms with Gasteiger partial charge in [0.25, 0.3) is 5.69 Å². The molecule has 17 heavy (non-hydrogen) atoms. The van der Waals surface area contributed by atoms with E-state index in [0.29, 0.717) is 0 Å². The first-order valence-electron chi connectivity index (χ1n) is 5.67. The van der Waals surface area contributed by atoms with Crippen LogP contribution in [0.3, 0.4) is 0 Å². The summed E-state index contributed by atoms with van der Waals surface area (Å²) in [5.41, 5.74) is 0.170. The van der Waals surface area contributed by atoms with Gasteiger partial charge in [-0.15, -0.1) is 11.3 Å². The number of non-ortho nitro benzene ring substituents is 1. The number of nitro benzene ring substituents is 1. The van der Waals surface area contributed by atoms with E-state index in [9.17, 15) is 10.1 Å². The highest BCUT2D eigenvalue weighted by atomic mass is 32.1. The largest absolute Gasteiger partial charge is 0.363 e. The SMILES string of the molecule is O=[N+]([O-])c1ccc2sc(N3CCCC3)cc2c1. The predicted molar refractivity (Wildman–Crippen MR) is 69.9 cm³/mol. The van der Waals surface area contributed by atoms with Crippen LogP contribution in [0.25, 0.3) is 10.1 Å². The van der Waals surface area contributed by atoms with Crippen molar-refractivity contribution in [2.45, 2.75) is 12.8 Å². The van der Waals surface area contributed by atoms with Crippen LogP contribution in [0.5, 0.6) is 0 Å². The third kappa shape index (κ3) is 1.86. The van der Waals surface area contributed by atoms with Crippen molar-refractivity contribution < 1.29 is 4.92 Å². The number of fused-ring (bicyclic) bond motifs is 1. The van der Waals surface area contributed by atoms with E-state index in [1.54, 1.807) is 23.5 Å². The Bertz CT molecular complexity index is 573. The topological polar surface area (TPSA) is 46.4 Å². The van der Waals surface area contributed by atoms with Crippen molar-refractivity contribution >= 4 is 32.1 Å². The van der Waals surface area contributed by atoms with Gasteiger partial charge in [0.05, 0.1) is 9.92 Å². The molecular formula is C12H12N2O2S. The molecule has 88 valence electrons. The Morgan fingerprint density at radius 1 is 1.24 bits per heavy atom. The smallest absolute Gasteiger partial charge is 0.270 e. The maximum Gasteiger partial charge on any atom is 0.270 e. The number of benzene rings is 1. The van der Waals surface area contributed by atoms with Crippen molar-refractivity contribution in [3.63, 3.8) is 0 Å². The highest BCUT2D eigenvalue weighted by Crippen LogP contribution is 2.35. The number of rotatable bonds is 2. The molecule has 0 N–H and O–H groups in total. The summed E-state index contributed by atoms with van der Waals surface area (Å²) in [4.78, 5) is 12.7. The van der Waals surface area contributed by atoms with Gasteiger partial charge in [0.2, 0.25) is 0 Å². The van der Waals surface area contributed by atoms with Gasteiger partial charge in [-0.2, -0.15) is 0 Å². The number of nitro groups is 1. The standard InChI is InChI=1S/C12H12N2O2S/c15-14(16)10-3-4-11-9(7-10)8-12(17-11)13-5-1-2-6-13/h3-4,7-8H,1-2,5-6H2. The van der Waals surface area contributed by atoms with Crippen molar-refractivity contribution in [3.05, 3.63) is 34.4 Å². The number of hydrogen-bond acceptors (Lipinski definition) is 4. The quantitative estimate of drug-likeness (QED) is 0.604. The van der Waals surface area contributed by atoms with Crippen molar-refractivity contribution in [2.24, 2.45) is 0 Å². The van der Waals surface area contributed by atoms with E-state index in [-0.39, 0.29) is 10.6 Å². The van der Waals surface area contributed by atoms with Gasteiger partial charge in [-0.25, -0.2) is 0 Å². The van der Waals surface area contributed by atoms with Crippen LogP contribution in [0.15, 0.2) is 24.3 Å². The van der Waals surface area contributed by atoms with Crippen LogP contribution in [-0.2, 0) is 0 Å². The van der Waals surface area contributed by atoms with Crippen molar-refractivity contribution in [2.75, 3.05) is 18.0 Å². The molecule has 0 amide bonds. The summed E-state index contributed by atoms with van der Waals surface area (Å²) >= 11 is 1.72. The van der Waals surface area contributed by atoms with E-state index in [2.05, 4.69) is 11.0 Å². The Labute approximate surface area is 103 Å². The molecule has 1 saturated heterocycles. The second kappa shape index (κ2) is 4.00. The molecule has 0 atom stereocenters. The number of thiophene rings is 1. The molecule has 1 fully saturated rings. The van der Waals surface area contributed by atoms with Crippen LogP contribution in [0.1, 0.15) is 12.8 Å². The van der Waals surface area contributed by atoms with Gasteiger partial charge in [-0.05, 0) is 25.0 Å². The monoisotopic (exact) mass is 248 g/mol. The lowest BCUT2D eigenvalue weighted by Crippen LogP contribution is -2.15. The highest BCUT2D eigenvalue weighted by Gasteiger charge is 2.16. The number of nitrogens with zero attached hydrogens (tertiary/aromatic N) is 2. The Kier molecular flexibility index (Phi) is 2.48. The zero-order chi connectivity index (χ0) is 11.8. The molecule has 1 aromatic heterocycles. The van der Waals surface area contributed by atoms with Crippen LogP contribution in [0.4, 0.5) is 10.7 Å². The van der Waals surface area contributed by atoms with Crippen molar-refractivity contribution in [3.8, 4) is 0 Å². The summed E-state index contributed by atoms with van der Waals surface area (Å²) in [7, 11) is 0. The van der Waals surface area contributed by atoms with Crippen molar-refractivity contribution in [1.29, 1.82) is 0 Å². The molecule has 0 aliphatic carbocycles. The summed E-state index contributed by atoms with van der Waals surface area (Å²) < 4.78 is 1.12. The summed E-state index contributed by atoms with van der Waals surface area (Å²) in [5, 5.41) is 12.9. The highest BCUT2D eigenvalue weighted by molar-refractivity contribution is 7.22. The lowest BCUT2D eigenvalue weighted by Gasteiger charge is -2.13. The average molecular weight is 248 g/mol. The molecular weight excluding hydrogens is 236 g/mol. The molecule has 0 spiro atoms. The number of anilines is 1. The van der Waals surface area contributed by atoms with E-state index in [1.807, 2.05) is 6.07 Å². The van der Waals surface area contributed by atoms with Crippen LogP contribution >= 0.6 is 11.3 Å². The Morgan fingerprint density at radius 3 is 2.71 bits per heavy atom. The minimum absolute atomic E-state index is 0.170. The fraction of sp³-hybridized carbons (Fsp3) is 0.333. The van der Waals surface area contributed by atoms with E-state index < -0.39 is 0 Å². The molecule has 0 saturated carbocycles. The van der Waals surface area contributed by atoms with Gasteiger partial charge in [-0.1, -0.05) is 0 Å². The van der Waals surface area contributed by atoms with Crippen LogP contribution in [-0.4, -0.2) is 18.0 Å². The van der Waals surface area contributed by atoms with Gasteiger partial charge in [0.15, 0.2) is 0 Å². The molecule has 3 rings (SSSR count). The Morgan fingerprint density at radius 2 is 2.00 bits per heavy atom. The molecule has 2 aromatic rings. The first kappa shape index (κ1) is 10.5. The Balaban J connectivity index is 2.03. The maximum absolute atomic E-state index is 10.7. The third-order valence-corrected chi connectivity index (χ3v) is 4.29. The van der Waals surface area contributed by atoms with Gasteiger partial charge in [0.1, 0.15) is 0 Å². The minimum Gasteiger partial charge on any atom is -0.363 e. The zero-order valence-electron chi connectivity index (χ0n) is 9.26. The second-order valence-electron chi connectivity index (χ2n) is 4.26. The summed E-state index contributed by atoms with van der Waals surface area (Å²) in [6.07, 6.45) is 2.49. The summed E-state index contributed by atoms with van der Waals surface area (Å²) in [6, 6.07) is 7.15. The average Bonchev–Trinajstić information content (AvgIpc) is 2.96. The molecule has 4 nitrogen and oxygen atoms in total. The molecule has 0 radical (unpaired) electrons. The van der Waals surface area contributed by atoms with E-state index in [0.717, 1.165) is 23.2 Å². The second-order valence-corrected chi connectivity index (χ2v) is 5.32. The van der Waals surface area contributed by atoms with Crippen LogP contribution in [0, 0.1) is 10.1 Å². The van der Waals surface area contributed by atoms with Gasteiger partial charge >= 0.3 is 0 Å². The number of hydrogen-bond donors (Lipinski definition) is 0. The van der Waals surface area contributed by atoms with E-state index in [1.165, 1.54) is 17.8 Å². The van der Waals surface area contributed by atoms with Gasteiger partial charge in [-0.3, -0.25) is 10.1 Å². The lowest BCUT2D eigenvalue weighted by molar-refractivity contribution is -0.384. The fourth-order valence-electron chi connectivity index (χ4n) is 2.22. The summed E-state index contributed by atoms with van der Waals surface area (Å²) in [5.74, 6) is 0. The predicted octanol–water partition coefficient (Wildman–Crippen LogP) is 3.41. The molecule has 0 unspecified atom stereocenters. The van der Waals surface area contributed by atoms with E-state index in [4.69, 9.17) is 0 Å². The van der Waals surface area contributed by atoms with E-state index >= 15 is 0 Å². The first-order valence-corrected chi connectivity index (χ1v) is 6.48. The van der Waals surface area contributed by atoms with Crippen LogP contribution < -0.4 is 4.90 Å². The third-order valence-electron chi connectivity index (χ3n) is 3.12. The molecule has 1 aliphatic heterocycles. The lowest BCUT2D eigenvalue weighted by atomic mass is 10.2. The van der Waals surface area contributed by atoms with Crippen molar-refractivity contribution in [1.82, 2.24) is 0 Å². The molecule has 1 aliphatic rings. The zero-order valence-corrected chi connectivity index (χ0v) is 10.1. The van der Waals surface area contributed by atoms with Gasteiger partial charge in [0, 0.05) is 35.3 Å². The van der Waals surface area contributed by atoms with Gasteiger partial charge < -0.3 is 4.90 Å². The van der Waals surface area contributed by atoms with Crippen LogP contribution in [0.2, 0.25) is 0 Å². The molecule has 0 bridgehead atoms. The molecule has 5 heteroatoms. The fourth-order valence-corrected chi connectivity index (χ4v) is 3.32. The minimum atomic E-state index is -0.341. The Hall–Kier alpha value is -1.62.